The van der Waals surface area contributed by atoms with Crippen molar-refractivity contribution in [2.75, 3.05) is 19.6 Å². The van der Waals surface area contributed by atoms with Gasteiger partial charge in [0.25, 0.3) is 0 Å². The molecule has 7 heteroatoms. The van der Waals surface area contributed by atoms with Gasteiger partial charge in [0.2, 0.25) is 0 Å². The Labute approximate surface area is 282 Å². The largest absolute Gasteiger partial charge is 0.457 e. The number of halogens is 1. The van der Waals surface area contributed by atoms with Crippen LogP contribution in [0.25, 0.3) is 22.2 Å². The van der Waals surface area contributed by atoms with E-state index in [0.717, 1.165) is 61.8 Å². The number of thiazole rings is 1. The Morgan fingerprint density at radius 3 is 2.37 bits per heavy atom. The normalized spacial score (nSPS) is 14.1. The molecule has 238 valence electrons. The zero-order valence-corrected chi connectivity index (χ0v) is 28.5. The monoisotopic (exact) mass is 650 g/mol. The number of rotatable bonds is 13. The lowest BCUT2D eigenvalue weighted by molar-refractivity contribution is 0.209. The molecule has 1 aliphatic heterocycles. The maximum absolute atomic E-state index is 9.39. The summed E-state index contributed by atoms with van der Waals surface area (Å²) < 4.78 is 8.33. The zero-order valence-electron chi connectivity index (χ0n) is 27.0. The van der Waals surface area contributed by atoms with Crippen LogP contribution in [0.2, 0.25) is 5.02 Å². The van der Waals surface area contributed by atoms with E-state index in [1.54, 1.807) is 0 Å². The number of aromatic nitrogens is 2. The highest BCUT2D eigenvalue weighted by molar-refractivity contribution is 7.12. The van der Waals surface area contributed by atoms with Gasteiger partial charge in [0.05, 0.1) is 22.3 Å². The number of nitriles is 1. The summed E-state index contributed by atoms with van der Waals surface area (Å²) in [6.45, 7) is 8.82. The lowest BCUT2D eigenvalue weighted by atomic mass is 9.97. The highest BCUT2D eigenvalue weighted by Crippen LogP contribution is 2.38. The molecule has 0 bridgehead atoms. The topological polar surface area (TPSA) is 54.1 Å². The summed E-state index contributed by atoms with van der Waals surface area (Å²) in [6.07, 6.45) is 11.5. The number of fused-ring (bicyclic) bond motifs is 1. The number of ether oxygens (including phenoxy) is 1. The average molecular weight is 651 g/mol. The quantitative estimate of drug-likeness (QED) is 0.119. The number of aryl methyl sites for hydroxylation is 3. The predicted octanol–water partition coefficient (Wildman–Crippen LogP) is 10.6. The number of hydrogen-bond acceptors (Lipinski definition) is 5. The van der Waals surface area contributed by atoms with Crippen LogP contribution in [0.1, 0.15) is 79.3 Å². The molecule has 5 aromatic rings. The maximum Gasteiger partial charge on any atom is 0.127 e. The second-order valence-corrected chi connectivity index (χ2v) is 13.9. The van der Waals surface area contributed by atoms with Gasteiger partial charge in [-0.25, -0.2) is 4.98 Å². The highest BCUT2D eigenvalue weighted by Gasteiger charge is 2.25. The van der Waals surface area contributed by atoms with E-state index in [0.29, 0.717) is 10.9 Å². The lowest BCUT2D eigenvalue weighted by Crippen LogP contribution is -2.33. The van der Waals surface area contributed by atoms with Crippen molar-refractivity contribution in [3.63, 3.8) is 0 Å². The second kappa shape index (κ2) is 15.3. The van der Waals surface area contributed by atoms with Crippen LogP contribution in [0.3, 0.4) is 0 Å². The van der Waals surface area contributed by atoms with Crippen molar-refractivity contribution in [1.29, 1.82) is 5.26 Å². The molecule has 0 saturated carbocycles. The molecule has 6 rings (SSSR count). The molecule has 0 spiro atoms. The van der Waals surface area contributed by atoms with Crippen molar-refractivity contribution in [1.82, 2.24) is 14.5 Å². The van der Waals surface area contributed by atoms with Crippen LogP contribution in [-0.4, -0.2) is 34.1 Å². The number of unbranched alkanes of at least 4 members (excludes halogenated alkanes) is 2. The standard InChI is InChI=1S/C39H43ClN4OS/c1-3-5-9-37-38(29-11-15-33(16-12-29)45-34-17-13-32(40)14-18-34)42-39(46-37)30-20-23-43(24-21-30)22-7-6-8-31-27-44(4-2)36-19-10-28(26-41)25-35(31)36/h10-19,25,27,30H,3-9,20-24H2,1-2H3. The molecular weight excluding hydrogens is 608 g/mol. The first kappa shape index (κ1) is 32.3. The van der Waals surface area contributed by atoms with Crippen LogP contribution in [0.4, 0.5) is 0 Å². The van der Waals surface area contributed by atoms with E-state index < -0.39 is 0 Å². The van der Waals surface area contributed by atoms with Gasteiger partial charge in [0.1, 0.15) is 11.5 Å². The van der Waals surface area contributed by atoms with Gasteiger partial charge in [-0.3, -0.25) is 0 Å². The predicted molar refractivity (Wildman–Crippen MR) is 191 cm³/mol. The Balaban J connectivity index is 1.03. The van der Waals surface area contributed by atoms with Crippen molar-refractivity contribution in [2.24, 2.45) is 0 Å². The Hall–Kier alpha value is -3.63. The number of piperidine rings is 1. The fraction of sp³-hybridized carbons (Fsp3) is 0.385. The Morgan fingerprint density at radius 1 is 0.935 bits per heavy atom. The summed E-state index contributed by atoms with van der Waals surface area (Å²) >= 11 is 7.96. The second-order valence-electron chi connectivity index (χ2n) is 12.4. The molecule has 2 aromatic heterocycles. The van der Waals surface area contributed by atoms with Gasteiger partial charge in [-0.1, -0.05) is 24.9 Å². The number of hydrogen-bond donors (Lipinski definition) is 0. The van der Waals surface area contributed by atoms with Crippen molar-refractivity contribution >= 4 is 33.8 Å². The number of likely N-dealkylation sites (tertiary alicyclic amines) is 1. The molecule has 5 nitrogen and oxygen atoms in total. The first-order chi connectivity index (χ1) is 22.5. The molecule has 0 N–H and O–H groups in total. The van der Waals surface area contributed by atoms with Crippen LogP contribution < -0.4 is 4.74 Å². The molecule has 0 atom stereocenters. The summed E-state index contributed by atoms with van der Waals surface area (Å²) in [4.78, 5) is 9.34. The lowest BCUT2D eigenvalue weighted by Gasteiger charge is -2.31. The van der Waals surface area contributed by atoms with Crippen molar-refractivity contribution in [3.05, 3.63) is 99.0 Å². The zero-order chi connectivity index (χ0) is 31.9. The molecule has 3 aromatic carbocycles. The molecule has 0 radical (unpaired) electrons. The van der Waals surface area contributed by atoms with Crippen LogP contribution >= 0.6 is 22.9 Å². The van der Waals surface area contributed by atoms with Gasteiger partial charge >= 0.3 is 0 Å². The van der Waals surface area contributed by atoms with Crippen molar-refractivity contribution in [3.8, 4) is 28.8 Å². The maximum atomic E-state index is 9.39. The van der Waals surface area contributed by atoms with E-state index >= 15 is 0 Å². The molecule has 1 saturated heterocycles. The molecule has 3 heterocycles. The van der Waals surface area contributed by atoms with E-state index in [1.165, 1.54) is 70.4 Å². The van der Waals surface area contributed by atoms with Gasteiger partial charge in [-0.2, -0.15) is 5.26 Å². The number of benzene rings is 3. The summed E-state index contributed by atoms with van der Waals surface area (Å²) in [5.74, 6) is 2.13. The van der Waals surface area contributed by atoms with Gasteiger partial charge in [-0.05, 0) is 144 Å². The molecule has 0 unspecified atom stereocenters. The minimum Gasteiger partial charge on any atom is -0.457 e. The summed E-state index contributed by atoms with van der Waals surface area (Å²) in [5, 5.41) is 12.6. The summed E-state index contributed by atoms with van der Waals surface area (Å²) in [7, 11) is 0. The van der Waals surface area contributed by atoms with Crippen molar-refractivity contribution < 1.29 is 4.74 Å². The first-order valence-corrected chi connectivity index (χ1v) is 18.0. The summed E-state index contributed by atoms with van der Waals surface area (Å²) in [6, 6.07) is 24.2. The third-order valence-corrected chi connectivity index (χ3v) is 10.7. The molecule has 1 fully saturated rings. The molecule has 0 aliphatic carbocycles. The van der Waals surface area contributed by atoms with Gasteiger partial charge in [0.15, 0.2) is 0 Å². The van der Waals surface area contributed by atoms with Crippen LogP contribution in [-0.2, 0) is 19.4 Å². The minimum absolute atomic E-state index is 0.539. The van der Waals surface area contributed by atoms with Crippen molar-refractivity contribution in [2.45, 2.75) is 77.7 Å². The van der Waals surface area contributed by atoms with Gasteiger partial charge < -0.3 is 14.2 Å². The van der Waals surface area contributed by atoms with Crippen LogP contribution in [0, 0.1) is 11.3 Å². The number of nitrogens with zero attached hydrogens (tertiary/aromatic N) is 4. The highest BCUT2D eigenvalue weighted by atomic mass is 35.5. The third kappa shape index (κ3) is 7.66. The van der Waals surface area contributed by atoms with E-state index in [9.17, 15) is 5.26 Å². The first-order valence-electron chi connectivity index (χ1n) is 16.8. The minimum atomic E-state index is 0.539. The molecular formula is C39H43ClN4OS. The van der Waals surface area contributed by atoms with E-state index in [-0.39, 0.29) is 0 Å². The van der Waals surface area contributed by atoms with Gasteiger partial charge in [-0.15, -0.1) is 11.3 Å². The average Bonchev–Trinajstić information content (AvgIpc) is 3.68. The molecule has 0 amide bonds. The molecule has 1 aliphatic rings. The van der Waals surface area contributed by atoms with E-state index in [2.05, 4.69) is 59.8 Å². The Kier molecular flexibility index (Phi) is 10.8. The van der Waals surface area contributed by atoms with Gasteiger partial charge in [0, 0.05) is 45.0 Å². The summed E-state index contributed by atoms with van der Waals surface area (Å²) in [5.41, 5.74) is 5.67. The SMILES string of the molecule is CCCCc1sc(C2CCN(CCCCc3cn(CC)c4ccc(C#N)cc34)CC2)nc1-c1ccc(Oc2ccc(Cl)cc2)cc1. The van der Waals surface area contributed by atoms with E-state index in [4.69, 9.17) is 21.3 Å². The fourth-order valence-corrected chi connectivity index (χ4v) is 7.98. The Morgan fingerprint density at radius 2 is 1.67 bits per heavy atom. The third-order valence-electron chi connectivity index (χ3n) is 9.19. The fourth-order valence-electron chi connectivity index (χ4n) is 6.55. The van der Waals surface area contributed by atoms with E-state index in [1.807, 2.05) is 53.8 Å². The van der Waals surface area contributed by atoms with Crippen LogP contribution in [0.5, 0.6) is 11.5 Å². The Bertz CT molecular complexity index is 1780. The smallest absolute Gasteiger partial charge is 0.127 e. The molecule has 46 heavy (non-hydrogen) atoms. The van der Waals surface area contributed by atoms with Crippen LogP contribution in [0.15, 0.2) is 72.9 Å².